The van der Waals surface area contributed by atoms with E-state index in [0.29, 0.717) is 11.5 Å². The molecule has 0 heterocycles. The topological polar surface area (TPSA) is 61.8 Å². The monoisotopic (exact) mass is 350 g/mol. The molecule has 1 unspecified atom stereocenters. The van der Waals surface area contributed by atoms with Crippen LogP contribution in [-0.4, -0.2) is 24.1 Å². The van der Waals surface area contributed by atoms with Gasteiger partial charge >= 0.3 is 11.9 Å². The van der Waals surface area contributed by atoms with Gasteiger partial charge in [0.15, 0.2) is 6.61 Å². The Labute approximate surface area is 150 Å². The van der Waals surface area contributed by atoms with Crippen molar-refractivity contribution in [2.75, 3.05) is 6.61 Å². The molecule has 0 fully saturated rings. The van der Waals surface area contributed by atoms with E-state index in [2.05, 4.69) is 6.92 Å². The molecule has 0 aliphatic rings. The Morgan fingerprint density at radius 2 is 1.60 bits per heavy atom. The van der Waals surface area contributed by atoms with Gasteiger partial charge in [0.2, 0.25) is 0 Å². The Balaban J connectivity index is 2.56. The van der Waals surface area contributed by atoms with Gasteiger partial charge in [0.05, 0.1) is 5.92 Å². The number of esters is 2. The lowest BCUT2D eigenvalue weighted by Crippen LogP contribution is -2.27. The highest BCUT2D eigenvalue weighted by atomic mass is 16.6. The van der Waals surface area contributed by atoms with Gasteiger partial charge in [-0.05, 0) is 57.4 Å². The van der Waals surface area contributed by atoms with Crippen molar-refractivity contribution in [2.24, 2.45) is 11.8 Å². The number of hydrogen-bond acceptors (Lipinski definition) is 5. The van der Waals surface area contributed by atoms with Crippen molar-refractivity contribution >= 4 is 11.9 Å². The first-order valence-electron chi connectivity index (χ1n) is 8.78. The Morgan fingerprint density at radius 3 is 2.08 bits per heavy atom. The molecule has 1 aromatic rings. The van der Waals surface area contributed by atoms with E-state index in [4.69, 9.17) is 14.2 Å². The van der Waals surface area contributed by atoms with Crippen LogP contribution in [0.1, 0.15) is 54.4 Å². The molecule has 1 aromatic carbocycles. The highest BCUT2D eigenvalue weighted by molar-refractivity contribution is 5.75. The normalized spacial score (nSPS) is 12.6. The lowest BCUT2D eigenvalue weighted by atomic mass is 9.91. The SMILES string of the molecule is CCCC(C(=O)Oc1ccc(OCC(=O)OC(C)(C)C)cc1)C(C)C. The summed E-state index contributed by atoms with van der Waals surface area (Å²) in [5.74, 6) is 0.481. The number of carbonyl (C=O) groups is 2. The molecule has 0 aromatic heterocycles. The molecule has 0 N–H and O–H groups in total. The fourth-order valence-electron chi connectivity index (χ4n) is 2.34. The fourth-order valence-corrected chi connectivity index (χ4v) is 2.34. The Bertz CT molecular complexity index is 554. The number of benzene rings is 1. The van der Waals surface area contributed by atoms with Crippen LogP contribution in [-0.2, 0) is 14.3 Å². The molecular weight excluding hydrogens is 320 g/mol. The number of hydrogen-bond donors (Lipinski definition) is 0. The molecule has 1 rings (SSSR count). The van der Waals surface area contributed by atoms with Gasteiger partial charge in [-0.15, -0.1) is 0 Å². The van der Waals surface area contributed by atoms with Crippen molar-refractivity contribution in [2.45, 2.75) is 60.0 Å². The second-order valence-corrected chi connectivity index (χ2v) is 7.41. The summed E-state index contributed by atoms with van der Waals surface area (Å²) in [6, 6.07) is 6.64. The molecule has 0 radical (unpaired) electrons. The van der Waals surface area contributed by atoms with Crippen LogP contribution in [0.3, 0.4) is 0 Å². The zero-order chi connectivity index (χ0) is 19.0. The highest BCUT2D eigenvalue weighted by Gasteiger charge is 2.23. The van der Waals surface area contributed by atoms with Crippen LogP contribution in [0.25, 0.3) is 0 Å². The van der Waals surface area contributed by atoms with E-state index < -0.39 is 11.6 Å². The van der Waals surface area contributed by atoms with Crippen molar-refractivity contribution in [3.63, 3.8) is 0 Å². The molecule has 0 spiro atoms. The molecule has 0 saturated carbocycles. The number of rotatable bonds is 8. The maximum atomic E-state index is 12.3. The summed E-state index contributed by atoms with van der Waals surface area (Å²) in [7, 11) is 0. The summed E-state index contributed by atoms with van der Waals surface area (Å²) in [4.78, 5) is 23.9. The summed E-state index contributed by atoms with van der Waals surface area (Å²) in [5.41, 5.74) is -0.538. The maximum Gasteiger partial charge on any atom is 0.344 e. The van der Waals surface area contributed by atoms with E-state index in [0.717, 1.165) is 12.8 Å². The molecule has 0 saturated heterocycles. The second kappa shape index (κ2) is 9.44. The number of carbonyl (C=O) groups excluding carboxylic acids is 2. The molecule has 5 heteroatoms. The van der Waals surface area contributed by atoms with E-state index in [9.17, 15) is 9.59 Å². The van der Waals surface area contributed by atoms with Crippen molar-refractivity contribution < 1.29 is 23.8 Å². The third-order valence-corrected chi connectivity index (χ3v) is 3.53. The second-order valence-electron chi connectivity index (χ2n) is 7.41. The predicted octanol–water partition coefficient (Wildman–Crippen LogP) is 4.38. The zero-order valence-electron chi connectivity index (χ0n) is 16.1. The Hall–Kier alpha value is -2.04. The van der Waals surface area contributed by atoms with Gasteiger partial charge in [0.1, 0.15) is 17.1 Å². The Morgan fingerprint density at radius 1 is 1.04 bits per heavy atom. The maximum absolute atomic E-state index is 12.3. The highest BCUT2D eigenvalue weighted by Crippen LogP contribution is 2.23. The minimum Gasteiger partial charge on any atom is -0.482 e. The smallest absolute Gasteiger partial charge is 0.344 e. The van der Waals surface area contributed by atoms with Gasteiger partial charge in [0, 0.05) is 0 Å². The van der Waals surface area contributed by atoms with E-state index >= 15 is 0 Å². The van der Waals surface area contributed by atoms with Crippen molar-refractivity contribution in [3.05, 3.63) is 24.3 Å². The van der Waals surface area contributed by atoms with Crippen LogP contribution in [0.5, 0.6) is 11.5 Å². The van der Waals surface area contributed by atoms with Gasteiger partial charge < -0.3 is 14.2 Å². The minimum absolute atomic E-state index is 0.104. The molecule has 140 valence electrons. The van der Waals surface area contributed by atoms with Crippen LogP contribution in [0, 0.1) is 11.8 Å². The molecule has 5 nitrogen and oxygen atoms in total. The van der Waals surface area contributed by atoms with E-state index in [1.54, 1.807) is 45.0 Å². The quantitative estimate of drug-likeness (QED) is 0.514. The predicted molar refractivity (Wildman–Crippen MR) is 96.7 cm³/mol. The number of ether oxygens (including phenoxy) is 3. The zero-order valence-corrected chi connectivity index (χ0v) is 16.1. The van der Waals surface area contributed by atoms with Gasteiger partial charge in [-0.25, -0.2) is 4.79 Å². The van der Waals surface area contributed by atoms with Crippen molar-refractivity contribution in [1.29, 1.82) is 0 Å². The van der Waals surface area contributed by atoms with E-state index in [1.807, 2.05) is 13.8 Å². The summed E-state index contributed by atoms with van der Waals surface area (Å²) in [5, 5.41) is 0. The average Bonchev–Trinajstić information content (AvgIpc) is 2.49. The van der Waals surface area contributed by atoms with Gasteiger partial charge in [0.25, 0.3) is 0 Å². The first kappa shape index (κ1) is 21.0. The molecule has 0 aliphatic carbocycles. The van der Waals surface area contributed by atoms with Crippen LogP contribution >= 0.6 is 0 Å². The molecule has 0 amide bonds. The first-order chi connectivity index (χ1) is 11.6. The van der Waals surface area contributed by atoms with Crippen LogP contribution in [0.4, 0.5) is 0 Å². The van der Waals surface area contributed by atoms with Crippen LogP contribution < -0.4 is 9.47 Å². The lowest BCUT2D eigenvalue weighted by molar-refractivity contribution is -0.157. The molecular formula is C20H30O5. The molecule has 0 bridgehead atoms. The van der Waals surface area contributed by atoms with E-state index in [1.165, 1.54) is 0 Å². The molecule has 25 heavy (non-hydrogen) atoms. The van der Waals surface area contributed by atoms with Gasteiger partial charge in [-0.3, -0.25) is 4.79 Å². The van der Waals surface area contributed by atoms with Gasteiger partial charge in [-0.2, -0.15) is 0 Å². The molecule has 0 aliphatic heterocycles. The van der Waals surface area contributed by atoms with Crippen LogP contribution in [0.15, 0.2) is 24.3 Å². The summed E-state index contributed by atoms with van der Waals surface area (Å²) in [6.45, 7) is 11.3. The third kappa shape index (κ3) is 8.05. The Kier molecular flexibility index (Phi) is 7.94. The minimum atomic E-state index is -0.538. The van der Waals surface area contributed by atoms with E-state index in [-0.39, 0.29) is 24.4 Å². The van der Waals surface area contributed by atoms with Crippen molar-refractivity contribution in [1.82, 2.24) is 0 Å². The lowest BCUT2D eigenvalue weighted by Gasteiger charge is -2.19. The summed E-state index contributed by atoms with van der Waals surface area (Å²) in [6.07, 6.45) is 1.75. The summed E-state index contributed by atoms with van der Waals surface area (Å²) >= 11 is 0. The first-order valence-corrected chi connectivity index (χ1v) is 8.78. The summed E-state index contributed by atoms with van der Waals surface area (Å²) < 4.78 is 16.0. The fraction of sp³-hybridized carbons (Fsp3) is 0.600. The van der Waals surface area contributed by atoms with Crippen molar-refractivity contribution in [3.8, 4) is 11.5 Å². The third-order valence-electron chi connectivity index (χ3n) is 3.53. The van der Waals surface area contributed by atoms with Gasteiger partial charge in [-0.1, -0.05) is 27.2 Å². The molecule has 1 atom stereocenters. The standard InChI is InChI=1S/C20H30O5/c1-7-8-17(14(2)3)19(22)24-16-11-9-15(10-12-16)23-13-18(21)25-20(4,5)6/h9-12,14,17H,7-8,13H2,1-6H3. The van der Waals surface area contributed by atoms with Crippen LogP contribution in [0.2, 0.25) is 0 Å². The average molecular weight is 350 g/mol. The largest absolute Gasteiger partial charge is 0.482 e.